The fraction of sp³-hybridized carbons (Fsp3) is 0.556. The molecule has 90 valence electrons. The number of rotatable bonds is 7. The number of thiazole rings is 1. The van der Waals surface area contributed by atoms with Crippen LogP contribution in [-0.4, -0.2) is 31.2 Å². The molecule has 6 nitrogen and oxygen atoms in total. The summed E-state index contributed by atoms with van der Waals surface area (Å²) in [5, 5.41) is 2.12. The molecule has 0 atom stereocenters. The molecule has 0 saturated heterocycles. The van der Waals surface area contributed by atoms with Crippen molar-refractivity contribution >= 4 is 17.2 Å². The average molecular weight is 245 g/mol. The molecule has 1 amide bonds. The molecule has 1 aromatic rings. The van der Waals surface area contributed by atoms with E-state index in [1.807, 2.05) is 5.43 Å². The second-order valence-electron chi connectivity index (χ2n) is 3.02. The quantitative estimate of drug-likeness (QED) is 0.312. The van der Waals surface area contributed by atoms with Crippen molar-refractivity contribution in [1.29, 1.82) is 0 Å². The van der Waals surface area contributed by atoms with E-state index in [1.165, 1.54) is 11.3 Å². The van der Waals surface area contributed by atoms with E-state index in [0.29, 0.717) is 24.8 Å². The van der Waals surface area contributed by atoms with E-state index in [2.05, 4.69) is 4.98 Å². The number of ether oxygens (including phenoxy) is 2. The molecule has 0 saturated carbocycles. The highest BCUT2D eigenvalue weighted by molar-refractivity contribution is 7.11. The number of carbonyl (C=O) groups excluding carboxylic acids is 1. The number of nitrogens with two attached hydrogens (primary N) is 1. The zero-order valence-electron chi connectivity index (χ0n) is 9.06. The fourth-order valence-corrected chi connectivity index (χ4v) is 1.73. The summed E-state index contributed by atoms with van der Waals surface area (Å²) in [7, 11) is 1.65. The number of hydrogen-bond acceptors (Lipinski definition) is 6. The Morgan fingerprint density at radius 1 is 1.62 bits per heavy atom. The first kappa shape index (κ1) is 13.0. The van der Waals surface area contributed by atoms with Crippen molar-refractivity contribution in [1.82, 2.24) is 10.4 Å². The van der Waals surface area contributed by atoms with Gasteiger partial charge in [-0.2, -0.15) is 0 Å². The van der Waals surface area contributed by atoms with Gasteiger partial charge in [0.15, 0.2) is 5.01 Å². The Bertz CT molecular complexity index is 330. The van der Waals surface area contributed by atoms with Gasteiger partial charge in [0.25, 0.3) is 5.91 Å². The third kappa shape index (κ3) is 4.23. The number of nitrogens with zero attached hydrogens (tertiary/aromatic N) is 1. The Hall–Kier alpha value is -1.02. The van der Waals surface area contributed by atoms with Crippen LogP contribution < -0.4 is 11.3 Å². The van der Waals surface area contributed by atoms with Crippen LogP contribution in [0.3, 0.4) is 0 Å². The van der Waals surface area contributed by atoms with Crippen LogP contribution in [0.1, 0.15) is 21.9 Å². The molecule has 0 fully saturated rings. The Balaban J connectivity index is 2.27. The summed E-state index contributed by atoms with van der Waals surface area (Å²) in [6.45, 7) is 1.69. The lowest BCUT2D eigenvalue weighted by atomic mass is 10.5. The number of hydrazine groups is 1. The van der Waals surface area contributed by atoms with Gasteiger partial charge in [-0.05, 0) is 6.42 Å². The Morgan fingerprint density at radius 3 is 3.12 bits per heavy atom. The van der Waals surface area contributed by atoms with E-state index < -0.39 is 0 Å². The monoisotopic (exact) mass is 245 g/mol. The highest BCUT2D eigenvalue weighted by Crippen LogP contribution is 2.10. The fourth-order valence-electron chi connectivity index (χ4n) is 1.02. The maximum atomic E-state index is 11.1. The van der Waals surface area contributed by atoms with E-state index >= 15 is 0 Å². The van der Waals surface area contributed by atoms with E-state index in [-0.39, 0.29) is 5.91 Å². The molecule has 0 bridgehead atoms. The summed E-state index contributed by atoms with van der Waals surface area (Å²) in [5.74, 6) is 4.61. The number of carbonyl (C=O) groups is 1. The van der Waals surface area contributed by atoms with Gasteiger partial charge < -0.3 is 9.47 Å². The van der Waals surface area contributed by atoms with Crippen molar-refractivity contribution in [3.05, 3.63) is 16.1 Å². The molecular weight excluding hydrogens is 230 g/mol. The van der Waals surface area contributed by atoms with Crippen LogP contribution in [0, 0.1) is 0 Å². The van der Waals surface area contributed by atoms with Gasteiger partial charge in [-0.3, -0.25) is 10.2 Å². The van der Waals surface area contributed by atoms with Crippen molar-refractivity contribution in [2.45, 2.75) is 13.0 Å². The molecule has 16 heavy (non-hydrogen) atoms. The lowest BCUT2D eigenvalue weighted by Gasteiger charge is -2.00. The summed E-state index contributed by atoms with van der Waals surface area (Å²) in [4.78, 5) is 15.2. The minimum Gasteiger partial charge on any atom is -0.385 e. The van der Waals surface area contributed by atoms with Crippen LogP contribution in [0.4, 0.5) is 0 Å². The topological polar surface area (TPSA) is 86.5 Å². The van der Waals surface area contributed by atoms with Crippen molar-refractivity contribution in [2.24, 2.45) is 5.84 Å². The predicted molar refractivity (Wildman–Crippen MR) is 59.9 cm³/mol. The zero-order chi connectivity index (χ0) is 11.8. The summed E-state index contributed by atoms with van der Waals surface area (Å²) in [6, 6.07) is 0. The summed E-state index contributed by atoms with van der Waals surface area (Å²) in [5.41, 5.74) is 2.77. The van der Waals surface area contributed by atoms with Crippen molar-refractivity contribution in [3.8, 4) is 0 Å². The van der Waals surface area contributed by atoms with Crippen molar-refractivity contribution in [2.75, 3.05) is 20.3 Å². The molecule has 7 heteroatoms. The summed E-state index contributed by atoms with van der Waals surface area (Å²) in [6.07, 6.45) is 0.844. The van der Waals surface area contributed by atoms with Gasteiger partial charge in [0.1, 0.15) is 0 Å². The van der Waals surface area contributed by atoms with Crippen molar-refractivity contribution < 1.29 is 14.3 Å². The van der Waals surface area contributed by atoms with E-state index in [9.17, 15) is 4.79 Å². The third-order valence-corrected chi connectivity index (χ3v) is 2.65. The van der Waals surface area contributed by atoms with Crippen LogP contribution >= 0.6 is 11.3 Å². The minimum atomic E-state index is -0.379. The average Bonchev–Trinajstić information content (AvgIpc) is 2.76. The molecule has 0 unspecified atom stereocenters. The predicted octanol–water partition coefficient (Wildman–Crippen LogP) is 0.300. The molecule has 0 aliphatic rings. The molecule has 0 spiro atoms. The first-order valence-electron chi connectivity index (χ1n) is 4.80. The summed E-state index contributed by atoms with van der Waals surface area (Å²) >= 11 is 1.24. The normalized spacial score (nSPS) is 10.4. The van der Waals surface area contributed by atoms with Gasteiger partial charge in [0.05, 0.1) is 12.3 Å². The number of aromatic nitrogens is 1. The highest BCUT2D eigenvalue weighted by Gasteiger charge is 2.08. The Labute approximate surface area is 97.7 Å². The van der Waals surface area contributed by atoms with Crippen LogP contribution in [0.5, 0.6) is 0 Å². The van der Waals surface area contributed by atoms with Gasteiger partial charge in [-0.25, -0.2) is 10.8 Å². The second kappa shape index (κ2) is 7.29. The lowest BCUT2D eigenvalue weighted by Crippen LogP contribution is -2.29. The summed E-state index contributed by atoms with van der Waals surface area (Å²) < 4.78 is 10.2. The molecular formula is C9H15N3O3S. The van der Waals surface area contributed by atoms with Crippen molar-refractivity contribution in [3.63, 3.8) is 0 Å². The third-order valence-electron chi connectivity index (χ3n) is 1.76. The SMILES string of the molecule is COCCCOCc1csc(C(=O)NN)n1. The smallest absolute Gasteiger partial charge is 0.294 e. The molecule has 0 radical (unpaired) electrons. The molecule has 1 rings (SSSR count). The van der Waals surface area contributed by atoms with Gasteiger partial charge in [-0.15, -0.1) is 11.3 Å². The number of nitrogens with one attached hydrogen (secondary N) is 1. The first-order valence-corrected chi connectivity index (χ1v) is 5.68. The number of methoxy groups -OCH3 is 1. The molecule has 0 aromatic carbocycles. The Kier molecular flexibility index (Phi) is 5.94. The van der Waals surface area contributed by atoms with Crippen LogP contribution in [0.15, 0.2) is 5.38 Å². The van der Waals surface area contributed by atoms with E-state index in [0.717, 1.165) is 12.1 Å². The molecule has 0 aliphatic heterocycles. The molecule has 3 N–H and O–H groups in total. The van der Waals surface area contributed by atoms with Gasteiger partial charge in [-0.1, -0.05) is 0 Å². The number of nitrogen functional groups attached to an aromatic ring is 1. The second-order valence-corrected chi connectivity index (χ2v) is 3.87. The van der Waals surface area contributed by atoms with E-state index in [1.54, 1.807) is 12.5 Å². The molecule has 1 aromatic heterocycles. The lowest BCUT2D eigenvalue weighted by molar-refractivity contribution is 0.0907. The zero-order valence-corrected chi connectivity index (χ0v) is 9.88. The van der Waals surface area contributed by atoms with Crippen LogP contribution in [0.25, 0.3) is 0 Å². The van der Waals surface area contributed by atoms with Gasteiger partial charge in [0.2, 0.25) is 0 Å². The number of hydrogen-bond donors (Lipinski definition) is 2. The molecule has 1 heterocycles. The maximum absolute atomic E-state index is 11.1. The number of amides is 1. The van der Waals surface area contributed by atoms with Crippen LogP contribution in [-0.2, 0) is 16.1 Å². The van der Waals surface area contributed by atoms with E-state index in [4.69, 9.17) is 15.3 Å². The Morgan fingerprint density at radius 2 is 2.44 bits per heavy atom. The molecule has 0 aliphatic carbocycles. The maximum Gasteiger partial charge on any atom is 0.294 e. The first-order chi connectivity index (χ1) is 7.77. The standard InChI is InChI=1S/C9H15N3O3S/c1-14-3-2-4-15-5-7-6-16-9(11-7)8(13)12-10/h6H,2-5,10H2,1H3,(H,12,13). The largest absolute Gasteiger partial charge is 0.385 e. The minimum absolute atomic E-state index is 0.345. The van der Waals surface area contributed by atoms with Crippen LogP contribution in [0.2, 0.25) is 0 Å². The van der Waals surface area contributed by atoms with Gasteiger partial charge in [0, 0.05) is 25.7 Å². The van der Waals surface area contributed by atoms with Gasteiger partial charge >= 0.3 is 0 Å². The highest BCUT2D eigenvalue weighted by atomic mass is 32.1.